The average molecular weight is 203 g/mol. The molecular weight excluding hydrogens is 197 g/mol. The second-order valence-corrected chi connectivity index (χ2v) is 3.06. The highest BCUT2D eigenvalue weighted by atomic mass is 32.2. The fraction of sp³-hybridized carbons (Fsp3) is 0.167. The zero-order valence-electron chi connectivity index (χ0n) is 6.35. The molecule has 5 nitrogen and oxygen atoms in total. The number of hydrogen-bond donors (Lipinski definition) is 2. The second kappa shape index (κ2) is 4.04. The van der Waals surface area contributed by atoms with Gasteiger partial charge in [0.05, 0.1) is 0 Å². The molecule has 1 aromatic heterocycles. The van der Waals surface area contributed by atoms with E-state index >= 15 is 0 Å². The van der Waals surface area contributed by atoms with Crippen LogP contribution in [0.4, 0.5) is 10.2 Å². The standard InChI is InChI=1S/C6H6FN3O2S/c7-3(6(11)12)13-5-4(8)9-1-2-10-5/h1-3H,(H2,8,9)(H,11,12). The molecule has 7 heteroatoms. The Labute approximate surface area is 77.2 Å². The third-order valence-corrected chi connectivity index (χ3v) is 2.05. The van der Waals surface area contributed by atoms with Gasteiger partial charge < -0.3 is 10.8 Å². The van der Waals surface area contributed by atoms with E-state index in [2.05, 4.69) is 9.97 Å². The van der Waals surface area contributed by atoms with Crippen molar-refractivity contribution < 1.29 is 14.3 Å². The lowest BCUT2D eigenvalue weighted by atomic mass is 10.7. The molecule has 1 aromatic rings. The highest BCUT2D eigenvalue weighted by Crippen LogP contribution is 2.25. The fourth-order valence-corrected chi connectivity index (χ4v) is 1.17. The smallest absolute Gasteiger partial charge is 0.349 e. The zero-order valence-corrected chi connectivity index (χ0v) is 7.16. The van der Waals surface area contributed by atoms with E-state index in [0.29, 0.717) is 11.8 Å². The number of nitrogens with zero attached hydrogens (tertiary/aromatic N) is 2. The summed E-state index contributed by atoms with van der Waals surface area (Å²) in [5.74, 6) is -1.54. The number of rotatable bonds is 3. The van der Waals surface area contributed by atoms with E-state index in [1.54, 1.807) is 0 Å². The molecule has 1 rings (SSSR count). The van der Waals surface area contributed by atoms with Crippen LogP contribution in [0.1, 0.15) is 0 Å². The number of carbonyl (C=O) groups is 1. The van der Waals surface area contributed by atoms with Crippen LogP contribution in [-0.2, 0) is 4.79 Å². The van der Waals surface area contributed by atoms with Gasteiger partial charge in [0.15, 0.2) is 5.82 Å². The third kappa shape index (κ3) is 2.55. The summed E-state index contributed by atoms with van der Waals surface area (Å²) < 4.78 is 12.6. The van der Waals surface area contributed by atoms with Crippen molar-refractivity contribution >= 4 is 23.5 Å². The minimum absolute atomic E-state index is 0.0244. The number of carboxylic acid groups (broad SMARTS) is 1. The molecule has 13 heavy (non-hydrogen) atoms. The van der Waals surface area contributed by atoms with E-state index in [0.717, 1.165) is 0 Å². The maximum atomic E-state index is 12.6. The quantitative estimate of drug-likeness (QED) is 0.696. The van der Waals surface area contributed by atoms with E-state index in [4.69, 9.17) is 10.8 Å². The Kier molecular flexibility index (Phi) is 3.02. The van der Waals surface area contributed by atoms with Gasteiger partial charge >= 0.3 is 5.97 Å². The first-order chi connectivity index (χ1) is 6.11. The SMILES string of the molecule is Nc1nccnc1SC(F)C(=O)O. The van der Waals surface area contributed by atoms with Crippen LogP contribution in [0.5, 0.6) is 0 Å². The lowest BCUT2D eigenvalue weighted by molar-refractivity contribution is -0.139. The monoisotopic (exact) mass is 203 g/mol. The van der Waals surface area contributed by atoms with Gasteiger partial charge in [-0.3, -0.25) is 0 Å². The average Bonchev–Trinajstić information content (AvgIpc) is 2.08. The van der Waals surface area contributed by atoms with Crippen LogP contribution >= 0.6 is 11.8 Å². The van der Waals surface area contributed by atoms with Gasteiger partial charge in [0, 0.05) is 12.4 Å². The number of carboxylic acids is 1. The summed E-state index contributed by atoms with van der Waals surface area (Å²) in [5, 5.41) is 8.33. The Morgan fingerprint density at radius 1 is 1.62 bits per heavy atom. The van der Waals surface area contributed by atoms with E-state index in [1.807, 2.05) is 0 Å². The van der Waals surface area contributed by atoms with Gasteiger partial charge in [-0.1, -0.05) is 11.8 Å². The molecule has 70 valence electrons. The van der Waals surface area contributed by atoms with E-state index in [-0.39, 0.29) is 10.8 Å². The Bertz CT molecular complexity index is 323. The van der Waals surface area contributed by atoms with Crippen LogP contribution in [0.2, 0.25) is 0 Å². The van der Waals surface area contributed by atoms with Gasteiger partial charge in [-0.15, -0.1) is 0 Å². The topological polar surface area (TPSA) is 89.1 Å². The zero-order chi connectivity index (χ0) is 9.84. The number of hydrogen-bond acceptors (Lipinski definition) is 5. The van der Waals surface area contributed by atoms with Gasteiger partial charge in [0.25, 0.3) is 0 Å². The number of nitrogen functional groups attached to an aromatic ring is 1. The Morgan fingerprint density at radius 3 is 2.77 bits per heavy atom. The summed E-state index contributed by atoms with van der Waals surface area (Å²) >= 11 is 0.413. The summed E-state index contributed by atoms with van der Waals surface area (Å²) in [6.45, 7) is 0. The van der Waals surface area contributed by atoms with Crippen LogP contribution in [0.3, 0.4) is 0 Å². The number of nitrogens with two attached hydrogens (primary N) is 1. The van der Waals surface area contributed by atoms with Gasteiger partial charge in [-0.25, -0.2) is 19.2 Å². The molecule has 0 aliphatic rings. The minimum Gasteiger partial charge on any atom is -0.478 e. The molecule has 0 aliphatic carbocycles. The maximum Gasteiger partial charge on any atom is 0.349 e. The number of anilines is 1. The van der Waals surface area contributed by atoms with Gasteiger partial charge in [0.2, 0.25) is 5.50 Å². The lowest BCUT2D eigenvalue weighted by Crippen LogP contribution is -2.10. The third-order valence-electron chi connectivity index (χ3n) is 1.10. The van der Waals surface area contributed by atoms with Crippen molar-refractivity contribution in [3.8, 4) is 0 Å². The first kappa shape index (κ1) is 9.72. The summed E-state index contributed by atoms with van der Waals surface area (Å²) in [6, 6.07) is 0. The summed E-state index contributed by atoms with van der Waals surface area (Å²) in [5.41, 5.74) is 3.24. The van der Waals surface area contributed by atoms with Crippen molar-refractivity contribution in [2.24, 2.45) is 0 Å². The molecule has 1 heterocycles. The van der Waals surface area contributed by atoms with Gasteiger partial charge in [-0.05, 0) is 0 Å². The number of halogens is 1. The summed E-state index contributed by atoms with van der Waals surface area (Å²) in [7, 11) is 0. The van der Waals surface area contributed by atoms with Gasteiger partial charge in [-0.2, -0.15) is 0 Å². The molecule has 0 saturated heterocycles. The second-order valence-electron chi connectivity index (χ2n) is 2.02. The molecule has 0 radical (unpaired) electrons. The molecule has 0 fully saturated rings. The van der Waals surface area contributed by atoms with Crippen LogP contribution in [0, 0.1) is 0 Å². The van der Waals surface area contributed by atoms with Crippen molar-refractivity contribution in [1.82, 2.24) is 9.97 Å². The summed E-state index contributed by atoms with van der Waals surface area (Å²) in [4.78, 5) is 17.4. The van der Waals surface area contributed by atoms with Crippen LogP contribution in [-0.4, -0.2) is 26.5 Å². The fourth-order valence-electron chi connectivity index (χ4n) is 0.575. The first-order valence-corrected chi connectivity index (χ1v) is 4.09. The Hall–Kier alpha value is -1.37. The van der Waals surface area contributed by atoms with Crippen molar-refractivity contribution in [2.75, 3.05) is 5.73 Å². The molecule has 0 spiro atoms. The number of alkyl halides is 1. The molecule has 1 atom stereocenters. The lowest BCUT2D eigenvalue weighted by Gasteiger charge is -2.02. The van der Waals surface area contributed by atoms with Crippen LogP contribution < -0.4 is 5.73 Å². The van der Waals surface area contributed by atoms with Crippen molar-refractivity contribution in [3.63, 3.8) is 0 Å². The molecule has 0 bridgehead atoms. The Balaban J connectivity index is 2.74. The molecular formula is C6H6FN3O2S. The summed E-state index contributed by atoms with van der Waals surface area (Å²) in [6.07, 6.45) is 2.65. The van der Waals surface area contributed by atoms with Gasteiger partial charge in [0.1, 0.15) is 5.03 Å². The van der Waals surface area contributed by atoms with Crippen molar-refractivity contribution in [3.05, 3.63) is 12.4 Å². The van der Waals surface area contributed by atoms with Crippen LogP contribution in [0.25, 0.3) is 0 Å². The van der Waals surface area contributed by atoms with Crippen molar-refractivity contribution in [2.45, 2.75) is 10.5 Å². The number of aliphatic carboxylic acids is 1. The number of aromatic nitrogens is 2. The predicted molar refractivity (Wildman–Crippen MR) is 44.8 cm³/mol. The van der Waals surface area contributed by atoms with Crippen molar-refractivity contribution in [1.29, 1.82) is 0 Å². The molecule has 1 unspecified atom stereocenters. The van der Waals surface area contributed by atoms with E-state index in [9.17, 15) is 9.18 Å². The number of thioether (sulfide) groups is 1. The largest absolute Gasteiger partial charge is 0.478 e. The van der Waals surface area contributed by atoms with E-state index < -0.39 is 11.5 Å². The maximum absolute atomic E-state index is 12.6. The predicted octanol–water partition coefficient (Wildman–Crippen LogP) is 0.531. The minimum atomic E-state index is -2.07. The molecule has 3 N–H and O–H groups in total. The molecule has 0 amide bonds. The Morgan fingerprint density at radius 2 is 2.23 bits per heavy atom. The first-order valence-electron chi connectivity index (χ1n) is 3.21. The highest BCUT2D eigenvalue weighted by molar-refractivity contribution is 8.00. The molecule has 0 aromatic carbocycles. The van der Waals surface area contributed by atoms with Crippen LogP contribution in [0.15, 0.2) is 17.4 Å². The molecule has 0 aliphatic heterocycles. The van der Waals surface area contributed by atoms with E-state index in [1.165, 1.54) is 12.4 Å². The molecule has 0 saturated carbocycles. The normalized spacial score (nSPS) is 12.4. The highest BCUT2D eigenvalue weighted by Gasteiger charge is 2.19.